The van der Waals surface area contributed by atoms with Crippen molar-refractivity contribution in [2.75, 3.05) is 29.0 Å². The molecule has 1 aromatic rings. The number of ketones is 1. The van der Waals surface area contributed by atoms with E-state index in [4.69, 9.17) is 4.74 Å². The van der Waals surface area contributed by atoms with Crippen molar-refractivity contribution < 1.29 is 22.7 Å². The molecule has 29 heavy (non-hydrogen) atoms. The summed E-state index contributed by atoms with van der Waals surface area (Å²) in [4.78, 5) is 26.4. The number of ether oxygens (including phenoxy) is 1. The van der Waals surface area contributed by atoms with E-state index in [2.05, 4.69) is 4.72 Å². The van der Waals surface area contributed by atoms with Gasteiger partial charge < -0.3 is 9.64 Å². The van der Waals surface area contributed by atoms with Crippen molar-refractivity contribution in [3.63, 3.8) is 0 Å². The highest BCUT2D eigenvalue weighted by Crippen LogP contribution is 2.64. The zero-order valence-corrected chi connectivity index (χ0v) is 18.0. The molecule has 1 aromatic carbocycles. The number of carbonyl (C=O) groups is 2. The predicted molar refractivity (Wildman–Crippen MR) is 111 cm³/mol. The fourth-order valence-corrected chi connectivity index (χ4v) is 7.40. The van der Waals surface area contributed by atoms with Gasteiger partial charge in [0.05, 0.1) is 29.7 Å². The first-order valence-corrected chi connectivity index (χ1v) is 11.8. The Morgan fingerprint density at radius 3 is 2.59 bits per heavy atom. The van der Waals surface area contributed by atoms with Crippen molar-refractivity contribution in [1.29, 1.82) is 0 Å². The van der Waals surface area contributed by atoms with E-state index < -0.39 is 15.4 Å². The summed E-state index contributed by atoms with van der Waals surface area (Å²) in [6, 6.07) is 4.93. The van der Waals surface area contributed by atoms with Crippen LogP contribution in [-0.4, -0.2) is 39.5 Å². The van der Waals surface area contributed by atoms with Gasteiger partial charge in [-0.05, 0) is 42.7 Å². The quantitative estimate of drug-likeness (QED) is 0.764. The van der Waals surface area contributed by atoms with E-state index in [9.17, 15) is 18.0 Å². The summed E-state index contributed by atoms with van der Waals surface area (Å²) in [5.41, 5.74) is -0.111. The van der Waals surface area contributed by atoms with Gasteiger partial charge in [0.25, 0.3) is 0 Å². The fraction of sp³-hybridized carbons (Fsp3) is 0.619. The van der Waals surface area contributed by atoms with E-state index in [1.54, 1.807) is 23.1 Å². The van der Waals surface area contributed by atoms with Crippen molar-refractivity contribution in [2.45, 2.75) is 46.0 Å². The molecule has 0 unspecified atom stereocenters. The van der Waals surface area contributed by atoms with Crippen LogP contribution in [-0.2, 0) is 19.6 Å². The second-order valence-electron chi connectivity index (χ2n) is 9.06. The van der Waals surface area contributed by atoms with Crippen LogP contribution in [0.2, 0.25) is 0 Å². The summed E-state index contributed by atoms with van der Waals surface area (Å²) in [7, 11) is -2.25. The minimum atomic E-state index is -3.74. The van der Waals surface area contributed by atoms with Gasteiger partial charge in [-0.25, -0.2) is 8.42 Å². The highest BCUT2D eigenvalue weighted by atomic mass is 32.2. The number of hydrogen-bond acceptors (Lipinski definition) is 5. The van der Waals surface area contributed by atoms with Gasteiger partial charge in [0.1, 0.15) is 11.5 Å². The number of nitrogens with zero attached hydrogens (tertiary/aromatic N) is 1. The van der Waals surface area contributed by atoms with Crippen LogP contribution in [0.1, 0.15) is 46.0 Å². The molecule has 1 N–H and O–H groups in total. The first-order valence-electron chi connectivity index (χ1n) is 10.1. The van der Waals surface area contributed by atoms with Gasteiger partial charge in [0.15, 0.2) is 0 Å². The molecule has 1 heterocycles. The van der Waals surface area contributed by atoms with E-state index >= 15 is 0 Å². The van der Waals surface area contributed by atoms with Crippen LogP contribution in [0.3, 0.4) is 0 Å². The molecule has 2 atom stereocenters. The number of amides is 1. The normalized spacial score (nSPS) is 28.2. The molecule has 0 aromatic heterocycles. The first-order chi connectivity index (χ1) is 13.6. The number of hydrogen-bond donors (Lipinski definition) is 1. The standard InChI is InChI=1S/C21H28N2O5S/c1-20(2)14-8-9-21(20,18(24)11-14)13-29(26,27)22-15-6-7-16(17(12-15)28-3)23-10-4-5-19(23)25/h6-7,12,14,22H,4-5,8-11,13H2,1-3H3/t14-,21+/m1/s1. The summed E-state index contributed by atoms with van der Waals surface area (Å²) in [6.45, 7) is 4.67. The number of benzene rings is 1. The lowest BCUT2D eigenvalue weighted by Crippen LogP contribution is -2.43. The molecule has 2 bridgehead atoms. The molecule has 1 saturated heterocycles. The Bertz CT molecular complexity index is 971. The fourth-order valence-electron chi connectivity index (χ4n) is 5.52. The zero-order valence-electron chi connectivity index (χ0n) is 17.2. The van der Waals surface area contributed by atoms with Crippen molar-refractivity contribution >= 4 is 33.1 Å². The maximum Gasteiger partial charge on any atom is 0.233 e. The molecule has 2 saturated carbocycles. The van der Waals surface area contributed by atoms with Crippen molar-refractivity contribution in [3.8, 4) is 5.75 Å². The zero-order chi connectivity index (χ0) is 21.0. The molecule has 8 heteroatoms. The maximum atomic E-state index is 13.0. The van der Waals surface area contributed by atoms with Crippen molar-refractivity contribution in [3.05, 3.63) is 18.2 Å². The number of sulfonamides is 1. The molecule has 0 spiro atoms. The minimum absolute atomic E-state index is 0.0356. The highest BCUT2D eigenvalue weighted by Gasteiger charge is 2.65. The smallest absolute Gasteiger partial charge is 0.233 e. The second-order valence-corrected chi connectivity index (χ2v) is 10.8. The summed E-state index contributed by atoms with van der Waals surface area (Å²) in [6.07, 6.45) is 3.31. The SMILES string of the molecule is COc1cc(NS(=O)(=O)C[C@@]23CC[C@H](CC2=O)C3(C)C)ccc1N1CCCC1=O. The first kappa shape index (κ1) is 20.2. The van der Waals surface area contributed by atoms with Gasteiger partial charge in [-0.3, -0.25) is 14.3 Å². The monoisotopic (exact) mass is 420 g/mol. The second kappa shape index (κ2) is 6.72. The summed E-state index contributed by atoms with van der Waals surface area (Å²) in [5, 5.41) is 0. The van der Waals surface area contributed by atoms with Crippen molar-refractivity contribution in [1.82, 2.24) is 0 Å². The Hall–Kier alpha value is -2.09. The van der Waals surface area contributed by atoms with E-state index in [1.165, 1.54) is 7.11 Å². The molecule has 7 nitrogen and oxygen atoms in total. The summed E-state index contributed by atoms with van der Waals surface area (Å²) in [5.74, 6) is 0.620. The third-order valence-electron chi connectivity index (χ3n) is 7.39. The third kappa shape index (κ3) is 3.12. The number of methoxy groups -OCH3 is 1. The lowest BCUT2D eigenvalue weighted by molar-refractivity contribution is -0.128. The topological polar surface area (TPSA) is 92.8 Å². The third-order valence-corrected chi connectivity index (χ3v) is 8.81. The number of carbonyl (C=O) groups excluding carboxylic acids is 2. The molecule has 3 fully saturated rings. The predicted octanol–water partition coefficient (Wildman–Crippen LogP) is 2.96. The van der Waals surface area contributed by atoms with Crippen LogP contribution in [0.5, 0.6) is 5.75 Å². The Kier molecular flexibility index (Phi) is 4.68. The maximum absolute atomic E-state index is 13.0. The van der Waals surface area contributed by atoms with Gasteiger partial charge in [-0.15, -0.1) is 0 Å². The highest BCUT2D eigenvalue weighted by molar-refractivity contribution is 7.92. The van der Waals surface area contributed by atoms with E-state index in [-0.39, 0.29) is 28.8 Å². The van der Waals surface area contributed by atoms with Crippen LogP contribution >= 0.6 is 0 Å². The molecule has 3 aliphatic rings. The average molecular weight is 421 g/mol. The van der Waals surface area contributed by atoms with Gasteiger partial charge in [-0.2, -0.15) is 0 Å². The number of Topliss-reactive ketones (excluding diaryl/α,β-unsaturated/α-hetero) is 1. The molecular weight excluding hydrogens is 392 g/mol. The van der Waals surface area contributed by atoms with E-state index in [0.717, 1.165) is 12.8 Å². The Labute approximate surface area is 171 Å². The van der Waals surface area contributed by atoms with Crippen LogP contribution < -0.4 is 14.4 Å². The lowest BCUT2D eigenvalue weighted by atomic mass is 9.70. The summed E-state index contributed by atoms with van der Waals surface area (Å²) < 4.78 is 34.0. The van der Waals surface area contributed by atoms with Crippen LogP contribution in [0.25, 0.3) is 0 Å². The number of nitrogens with one attached hydrogen (secondary N) is 1. The molecule has 1 aliphatic heterocycles. The Morgan fingerprint density at radius 1 is 1.28 bits per heavy atom. The molecule has 158 valence electrons. The van der Waals surface area contributed by atoms with Gasteiger partial charge in [0, 0.05) is 25.5 Å². The molecule has 4 rings (SSSR count). The molecule has 2 aliphatic carbocycles. The average Bonchev–Trinajstić information content (AvgIpc) is 3.22. The molecule has 0 radical (unpaired) electrons. The minimum Gasteiger partial charge on any atom is -0.494 e. The lowest BCUT2D eigenvalue weighted by Gasteiger charge is -2.36. The number of rotatable bonds is 6. The number of fused-ring (bicyclic) bond motifs is 2. The summed E-state index contributed by atoms with van der Waals surface area (Å²) >= 11 is 0. The van der Waals surface area contributed by atoms with Gasteiger partial charge in [0.2, 0.25) is 15.9 Å². The Morgan fingerprint density at radius 2 is 2.03 bits per heavy atom. The van der Waals surface area contributed by atoms with E-state index in [1.807, 2.05) is 13.8 Å². The van der Waals surface area contributed by atoms with Crippen LogP contribution in [0.4, 0.5) is 11.4 Å². The van der Waals surface area contributed by atoms with Crippen molar-refractivity contribution in [2.24, 2.45) is 16.7 Å². The number of anilines is 2. The Balaban J connectivity index is 1.57. The van der Waals surface area contributed by atoms with Gasteiger partial charge in [-0.1, -0.05) is 13.8 Å². The van der Waals surface area contributed by atoms with Crippen LogP contribution in [0, 0.1) is 16.7 Å². The largest absolute Gasteiger partial charge is 0.494 e. The molecule has 1 amide bonds. The van der Waals surface area contributed by atoms with E-state index in [0.29, 0.717) is 42.9 Å². The van der Waals surface area contributed by atoms with Crippen LogP contribution in [0.15, 0.2) is 18.2 Å². The van der Waals surface area contributed by atoms with Gasteiger partial charge >= 0.3 is 0 Å². The molecular formula is C21H28N2O5S.